The van der Waals surface area contributed by atoms with Gasteiger partial charge in [0, 0.05) is 20.1 Å². The molecule has 102 valence electrons. The molecule has 2 aromatic rings. The van der Waals surface area contributed by atoms with E-state index in [9.17, 15) is 4.79 Å². The molecule has 3 nitrogen and oxygen atoms in total. The van der Waals surface area contributed by atoms with Crippen LogP contribution >= 0.6 is 44.1 Å². The van der Waals surface area contributed by atoms with Crippen molar-refractivity contribution in [3.63, 3.8) is 0 Å². The summed E-state index contributed by atoms with van der Waals surface area (Å²) in [6.07, 6.45) is 0. The smallest absolute Gasteiger partial charge is 0.255 e. The Labute approximate surface area is 138 Å². The van der Waals surface area contributed by atoms with Crippen molar-refractivity contribution in [3.8, 4) is 0 Å². The lowest BCUT2D eigenvalue weighted by Crippen LogP contribution is -2.13. The molecule has 0 saturated heterocycles. The Balaban J connectivity index is 2.17. The van der Waals surface area contributed by atoms with E-state index in [1.165, 1.54) is 0 Å². The minimum atomic E-state index is -0.192. The first kappa shape index (κ1) is 15.2. The van der Waals surface area contributed by atoms with E-state index in [0.717, 1.165) is 14.5 Å². The number of anilines is 1. The molecular formula is C14H10Br2N2OS. The molecule has 6 heteroatoms. The molecule has 0 radical (unpaired) electrons. The van der Waals surface area contributed by atoms with Gasteiger partial charge in [0.1, 0.15) is 4.99 Å². The van der Waals surface area contributed by atoms with E-state index in [1.807, 2.05) is 18.2 Å². The molecule has 0 aliphatic heterocycles. The molecule has 20 heavy (non-hydrogen) atoms. The molecule has 3 N–H and O–H groups in total. The summed E-state index contributed by atoms with van der Waals surface area (Å²) in [5, 5.41) is 2.83. The molecule has 0 saturated carbocycles. The van der Waals surface area contributed by atoms with Gasteiger partial charge in [0.2, 0.25) is 0 Å². The van der Waals surface area contributed by atoms with Gasteiger partial charge in [-0.25, -0.2) is 0 Å². The molecule has 0 atom stereocenters. The normalized spacial score (nSPS) is 10.1. The highest BCUT2D eigenvalue weighted by Crippen LogP contribution is 2.26. The third-order valence-electron chi connectivity index (χ3n) is 2.61. The van der Waals surface area contributed by atoms with Crippen LogP contribution in [0.1, 0.15) is 15.9 Å². The third-order valence-corrected chi connectivity index (χ3v) is 4.00. The number of rotatable bonds is 3. The summed E-state index contributed by atoms with van der Waals surface area (Å²) >= 11 is 11.6. The Morgan fingerprint density at radius 2 is 1.65 bits per heavy atom. The molecule has 0 aliphatic carbocycles. The number of nitrogens with one attached hydrogen (secondary N) is 1. The molecule has 0 aliphatic rings. The minimum absolute atomic E-state index is 0.192. The summed E-state index contributed by atoms with van der Waals surface area (Å²) in [5.74, 6) is -0.192. The van der Waals surface area contributed by atoms with E-state index in [4.69, 9.17) is 18.0 Å². The molecule has 0 bridgehead atoms. The molecule has 2 rings (SSSR count). The number of nitrogens with two attached hydrogens (primary N) is 1. The number of amides is 1. The highest BCUT2D eigenvalue weighted by Gasteiger charge is 2.09. The Kier molecular flexibility index (Phi) is 4.91. The van der Waals surface area contributed by atoms with Crippen LogP contribution in [0.5, 0.6) is 0 Å². The van der Waals surface area contributed by atoms with Crippen LogP contribution in [0.3, 0.4) is 0 Å². The van der Waals surface area contributed by atoms with Gasteiger partial charge < -0.3 is 11.1 Å². The first-order valence-electron chi connectivity index (χ1n) is 5.63. The standard InChI is InChI=1S/C14H10Br2N2OS/c15-10-5-6-12(11(16)7-10)18-14(19)9-3-1-8(2-4-9)13(17)20/h1-7H,(H2,17,20)(H,18,19). The number of hydrogen-bond acceptors (Lipinski definition) is 2. The van der Waals surface area contributed by atoms with Gasteiger partial charge in [0.15, 0.2) is 0 Å². The lowest BCUT2D eigenvalue weighted by atomic mass is 10.1. The first-order valence-corrected chi connectivity index (χ1v) is 7.63. The van der Waals surface area contributed by atoms with E-state index in [2.05, 4.69) is 37.2 Å². The van der Waals surface area contributed by atoms with Gasteiger partial charge >= 0.3 is 0 Å². The number of thiocarbonyl (C=S) groups is 1. The summed E-state index contributed by atoms with van der Waals surface area (Å²) in [4.78, 5) is 12.4. The van der Waals surface area contributed by atoms with Crippen LogP contribution in [-0.4, -0.2) is 10.9 Å². The van der Waals surface area contributed by atoms with E-state index in [-0.39, 0.29) is 5.91 Å². The average Bonchev–Trinajstić information content (AvgIpc) is 2.42. The zero-order chi connectivity index (χ0) is 14.7. The predicted molar refractivity (Wildman–Crippen MR) is 92.1 cm³/mol. The summed E-state index contributed by atoms with van der Waals surface area (Å²) in [6, 6.07) is 12.4. The van der Waals surface area contributed by atoms with E-state index in [1.54, 1.807) is 24.3 Å². The molecule has 0 spiro atoms. The van der Waals surface area contributed by atoms with E-state index < -0.39 is 0 Å². The van der Waals surface area contributed by atoms with Crippen LogP contribution in [-0.2, 0) is 0 Å². The zero-order valence-electron chi connectivity index (χ0n) is 10.2. The lowest BCUT2D eigenvalue weighted by Gasteiger charge is -2.08. The summed E-state index contributed by atoms with van der Waals surface area (Å²) in [6.45, 7) is 0. The van der Waals surface area contributed by atoms with Crippen molar-refractivity contribution in [1.29, 1.82) is 0 Å². The molecule has 1 amide bonds. The summed E-state index contributed by atoms with van der Waals surface area (Å²) in [5.41, 5.74) is 7.50. The van der Waals surface area contributed by atoms with Crippen molar-refractivity contribution in [2.24, 2.45) is 5.73 Å². The maximum atomic E-state index is 12.1. The zero-order valence-corrected chi connectivity index (χ0v) is 14.2. The van der Waals surface area contributed by atoms with E-state index in [0.29, 0.717) is 16.2 Å². The first-order chi connectivity index (χ1) is 9.47. The van der Waals surface area contributed by atoms with Gasteiger partial charge in [-0.05, 0) is 46.3 Å². The van der Waals surface area contributed by atoms with Crippen molar-refractivity contribution in [1.82, 2.24) is 0 Å². The predicted octanol–water partition coefficient (Wildman–Crippen LogP) is 4.10. The summed E-state index contributed by atoms with van der Waals surface area (Å²) < 4.78 is 1.74. The van der Waals surface area contributed by atoms with Crippen LogP contribution < -0.4 is 11.1 Å². The van der Waals surface area contributed by atoms with Crippen LogP contribution in [0.2, 0.25) is 0 Å². The second kappa shape index (κ2) is 6.47. The number of hydrogen-bond donors (Lipinski definition) is 2. The largest absolute Gasteiger partial charge is 0.389 e. The maximum Gasteiger partial charge on any atom is 0.255 e. The fraction of sp³-hybridized carbons (Fsp3) is 0. The Hall–Kier alpha value is -1.24. The summed E-state index contributed by atoms with van der Waals surface area (Å²) in [7, 11) is 0. The van der Waals surface area contributed by atoms with Gasteiger partial charge in [-0.15, -0.1) is 0 Å². The number of carbonyl (C=O) groups excluding carboxylic acids is 1. The monoisotopic (exact) mass is 412 g/mol. The topological polar surface area (TPSA) is 55.1 Å². The van der Waals surface area contributed by atoms with Crippen LogP contribution in [0.25, 0.3) is 0 Å². The second-order valence-corrected chi connectivity index (χ2v) is 6.23. The fourth-order valence-corrected chi connectivity index (χ4v) is 2.85. The highest BCUT2D eigenvalue weighted by molar-refractivity contribution is 9.11. The highest BCUT2D eigenvalue weighted by atomic mass is 79.9. The molecule has 0 heterocycles. The van der Waals surface area contributed by atoms with Crippen molar-refractivity contribution in [2.75, 3.05) is 5.32 Å². The van der Waals surface area contributed by atoms with Gasteiger partial charge in [-0.1, -0.05) is 40.3 Å². The third kappa shape index (κ3) is 3.65. The van der Waals surface area contributed by atoms with Crippen molar-refractivity contribution < 1.29 is 4.79 Å². The molecule has 2 aromatic carbocycles. The Morgan fingerprint density at radius 3 is 2.20 bits per heavy atom. The van der Waals surface area contributed by atoms with Gasteiger partial charge in [0.05, 0.1) is 5.69 Å². The number of benzene rings is 2. The van der Waals surface area contributed by atoms with E-state index >= 15 is 0 Å². The van der Waals surface area contributed by atoms with Gasteiger partial charge in [0.25, 0.3) is 5.91 Å². The fourth-order valence-electron chi connectivity index (χ4n) is 1.57. The van der Waals surface area contributed by atoms with Crippen molar-refractivity contribution in [2.45, 2.75) is 0 Å². The maximum absolute atomic E-state index is 12.1. The lowest BCUT2D eigenvalue weighted by molar-refractivity contribution is 0.102. The van der Waals surface area contributed by atoms with Crippen LogP contribution in [0.15, 0.2) is 51.4 Å². The van der Waals surface area contributed by atoms with Crippen molar-refractivity contribution >= 4 is 60.7 Å². The molecule has 0 unspecified atom stereocenters. The minimum Gasteiger partial charge on any atom is -0.389 e. The average molecular weight is 414 g/mol. The Bertz CT molecular complexity index is 671. The van der Waals surface area contributed by atoms with Gasteiger partial charge in [-0.3, -0.25) is 4.79 Å². The molecule has 0 aromatic heterocycles. The number of halogens is 2. The second-order valence-electron chi connectivity index (χ2n) is 4.02. The van der Waals surface area contributed by atoms with Crippen LogP contribution in [0, 0.1) is 0 Å². The molecule has 0 fully saturated rings. The molecular weight excluding hydrogens is 404 g/mol. The van der Waals surface area contributed by atoms with Gasteiger partial charge in [-0.2, -0.15) is 0 Å². The number of carbonyl (C=O) groups is 1. The van der Waals surface area contributed by atoms with Crippen LogP contribution in [0.4, 0.5) is 5.69 Å². The Morgan fingerprint density at radius 1 is 1.05 bits per heavy atom. The van der Waals surface area contributed by atoms with Crippen molar-refractivity contribution in [3.05, 3.63) is 62.5 Å². The quantitative estimate of drug-likeness (QED) is 0.744. The SMILES string of the molecule is NC(=S)c1ccc(C(=O)Nc2ccc(Br)cc2Br)cc1.